The van der Waals surface area contributed by atoms with E-state index in [0.717, 1.165) is 12.0 Å². The predicted molar refractivity (Wildman–Crippen MR) is 83.0 cm³/mol. The summed E-state index contributed by atoms with van der Waals surface area (Å²) >= 11 is 0. The Hall–Kier alpha value is -1.11. The molecule has 0 aliphatic carbocycles. The molecule has 0 fully saturated rings. The van der Waals surface area contributed by atoms with Crippen molar-refractivity contribution < 1.29 is 4.79 Å². The van der Waals surface area contributed by atoms with Crippen LogP contribution >= 0.6 is 0 Å². The van der Waals surface area contributed by atoms with Crippen LogP contribution in [-0.4, -0.2) is 5.78 Å². The Labute approximate surface area is 118 Å². The maximum absolute atomic E-state index is 12.7. The first-order chi connectivity index (χ1) is 8.70. The summed E-state index contributed by atoms with van der Waals surface area (Å²) < 4.78 is 0. The van der Waals surface area contributed by atoms with Crippen molar-refractivity contribution in [3.63, 3.8) is 0 Å². The fourth-order valence-corrected chi connectivity index (χ4v) is 2.15. The molecule has 19 heavy (non-hydrogen) atoms. The average Bonchev–Trinajstić information content (AvgIpc) is 2.36. The third-order valence-corrected chi connectivity index (χ3v) is 4.11. The van der Waals surface area contributed by atoms with Crippen LogP contribution in [0.2, 0.25) is 0 Å². The highest BCUT2D eigenvalue weighted by atomic mass is 16.1. The zero-order chi connectivity index (χ0) is 14.8. The van der Waals surface area contributed by atoms with Gasteiger partial charge >= 0.3 is 0 Å². The van der Waals surface area contributed by atoms with Crippen molar-refractivity contribution in [1.82, 2.24) is 0 Å². The Bertz CT molecular complexity index is 453. The van der Waals surface area contributed by atoms with Gasteiger partial charge < -0.3 is 0 Å². The standard InChI is InChI=1S/C18H28O/c1-8-18(6,7)17(19)15-10-9-14(12(2)3)11-16(15)13(4)5/h9-13H,8H2,1-7H3. The lowest BCUT2D eigenvalue weighted by Gasteiger charge is -2.24. The average molecular weight is 260 g/mol. The molecule has 1 aromatic carbocycles. The van der Waals surface area contributed by atoms with E-state index >= 15 is 0 Å². The van der Waals surface area contributed by atoms with Gasteiger partial charge in [0.15, 0.2) is 5.78 Å². The molecule has 0 aromatic heterocycles. The minimum Gasteiger partial charge on any atom is -0.294 e. The summed E-state index contributed by atoms with van der Waals surface area (Å²) in [7, 11) is 0. The van der Waals surface area contributed by atoms with Gasteiger partial charge in [-0.2, -0.15) is 0 Å². The molecule has 0 bridgehead atoms. The topological polar surface area (TPSA) is 17.1 Å². The molecule has 0 heterocycles. The Morgan fingerprint density at radius 2 is 1.68 bits per heavy atom. The van der Waals surface area contributed by atoms with Crippen molar-refractivity contribution in [1.29, 1.82) is 0 Å². The van der Waals surface area contributed by atoms with Gasteiger partial charge in [-0.1, -0.05) is 66.7 Å². The largest absolute Gasteiger partial charge is 0.294 e. The highest BCUT2D eigenvalue weighted by molar-refractivity contribution is 6.01. The van der Waals surface area contributed by atoms with E-state index in [1.54, 1.807) is 0 Å². The fourth-order valence-electron chi connectivity index (χ4n) is 2.15. The second-order valence-corrected chi connectivity index (χ2v) is 6.72. The van der Waals surface area contributed by atoms with Crippen LogP contribution in [0.1, 0.15) is 88.2 Å². The molecule has 1 rings (SSSR count). The minimum atomic E-state index is -0.275. The number of carbonyl (C=O) groups is 1. The monoisotopic (exact) mass is 260 g/mol. The van der Waals surface area contributed by atoms with E-state index in [2.05, 4.69) is 46.8 Å². The van der Waals surface area contributed by atoms with E-state index in [4.69, 9.17) is 0 Å². The zero-order valence-corrected chi connectivity index (χ0v) is 13.5. The molecule has 1 aromatic rings. The zero-order valence-electron chi connectivity index (χ0n) is 13.5. The highest BCUT2D eigenvalue weighted by Gasteiger charge is 2.28. The van der Waals surface area contributed by atoms with Crippen LogP contribution in [-0.2, 0) is 0 Å². The Balaban J connectivity index is 3.32. The smallest absolute Gasteiger partial charge is 0.168 e. The van der Waals surface area contributed by atoms with Crippen LogP contribution in [0.15, 0.2) is 18.2 Å². The number of hydrogen-bond acceptors (Lipinski definition) is 1. The number of benzene rings is 1. The normalized spacial score (nSPS) is 12.3. The molecule has 0 saturated heterocycles. The maximum atomic E-state index is 12.7. The Morgan fingerprint density at radius 1 is 1.11 bits per heavy atom. The Morgan fingerprint density at radius 3 is 2.11 bits per heavy atom. The lowest BCUT2D eigenvalue weighted by atomic mass is 9.78. The molecule has 0 saturated carbocycles. The predicted octanol–water partition coefficient (Wildman–Crippen LogP) is 5.55. The number of ketones is 1. The van der Waals surface area contributed by atoms with Crippen LogP contribution in [0.5, 0.6) is 0 Å². The van der Waals surface area contributed by atoms with Gasteiger partial charge in [-0.25, -0.2) is 0 Å². The fraction of sp³-hybridized carbons (Fsp3) is 0.611. The minimum absolute atomic E-state index is 0.272. The third-order valence-electron chi connectivity index (χ3n) is 4.11. The lowest BCUT2D eigenvalue weighted by Crippen LogP contribution is -2.24. The first-order valence-corrected chi connectivity index (χ1v) is 7.39. The third kappa shape index (κ3) is 3.46. The van der Waals surface area contributed by atoms with E-state index in [0.29, 0.717) is 11.8 Å². The van der Waals surface area contributed by atoms with Crippen molar-refractivity contribution in [3.05, 3.63) is 34.9 Å². The highest BCUT2D eigenvalue weighted by Crippen LogP contribution is 2.31. The molecule has 1 heteroatoms. The van der Waals surface area contributed by atoms with Crippen LogP contribution < -0.4 is 0 Å². The number of Topliss-reactive ketones (excluding diaryl/α,β-unsaturated/α-hetero) is 1. The molecular formula is C18H28O. The van der Waals surface area contributed by atoms with Crippen molar-refractivity contribution in [2.45, 2.75) is 66.7 Å². The molecule has 106 valence electrons. The van der Waals surface area contributed by atoms with E-state index in [-0.39, 0.29) is 11.2 Å². The first kappa shape index (κ1) is 15.9. The summed E-state index contributed by atoms with van der Waals surface area (Å²) in [5.41, 5.74) is 3.14. The van der Waals surface area contributed by atoms with E-state index in [1.807, 2.05) is 19.9 Å². The number of carbonyl (C=O) groups excluding carboxylic acids is 1. The first-order valence-electron chi connectivity index (χ1n) is 7.39. The second-order valence-electron chi connectivity index (χ2n) is 6.72. The van der Waals surface area contributed by atoms with Gasteiger partial charge in [0.25, 0.3) is 0 Å². The van der Waals surface area contributed by atoms with E-state index in [1.165, 1.54) is 11.1 Å². The van der Waals surface area contributed by atoms with E-state index < -0.39 is 0 Å². The van der Waals surface area contributed by atoms with Crippen molar-refractivity contribution in [2.24, 2.45) is 5.41 Å². The molecule has 1 nitrogen and oxygen atoms in total. The van der Waals surface area contributed by atoms with Gasteiger partial charge in [0.1, 0.15) is 0 Å². The molecule has 0 N–H and O–H groups in total. The SMILES string of the molecule is CCC(C)(C)C(=O)c1ccc(C(C)C)cc1C(C)C. The summed E-state index contributed by atoms with van der Waals surface area (Å²) in [6.45, 7) is 14.9. The summed E-state index contributed by atoms with van der Waals surface area (Å²) in [5, 5.41) is 0. The summed E-state index contributed by atoms with van der Waals surface area (Å²) in [4.78, 5) is 12.7. The molecule has 0 aliphatic rings. The van der Waals surface area contributed by atoms with Gasteiger partial charge in [0.05, 0.1) is 0 Å². The molecule has 0 aliphatic heterocycles. The molecular weight excluding hydrogens is 232 g/mol. The number of hydrogen-bond donors (Lipinski definition) is 0. The quantitative estimate of drug-likeness (QED) is 0.634. The van der Waals surface area contributed by atoms with Crippen molar-refractivity contribution >= 4 is 5.78 Å². The van der Waals surface area contributed by atoms with Gasteiger partial charge in [0.2, 0.25) is 0 Å². The molecule has 0 unspecified atom stereocenters. The van der Waals surface area contributed by atoms with Crippen LogP contribution in [0.3, 0.4) is 0 Å². The van der Waals surface area contributed by atoms with Crippen molar-refractivity contribution in [3.8, 4) is 0 Å². The molecule has 0 spiro atoms. The van der Waals surface area contributed by atoms with Crippen LogP contribution in [0.25, 0.3) is 0 Å². The molecule has 0 atom stereocenters. The van der Waals surface area contributed by atoms with Crippen LogP contribution in [0, 0.1) is 5.41 Å². The molecule has 0 radical (unpaired) electrons. The Kier molecular flexibility index (Phi) is 4.95. The summed E-state index contributed by atoms with van der Waals surface area (Å²) in [5.74, 6) is 1.15. The van der Waals surface area contributed by atoms with Crippen LogP contribution in [0.4, 0.5) is 0 Å². The van der Waals surface area contributed by atoms with Gasteiger partial charge in [-0.3, -0.25) is 4.79 Å². The lowest BCUT2D eigenvalue weighted by molar-refractivity contribution is 0.0831. The maximum Gasteiger partial charge on any atom is 0.168 e. The van der Waals surface area contributed by atoms with Gasteiger partial charge in [-0.05, 0) is 29.4 Å². The van der Waals surface area contributed by atoms with Gasteiger partial charge in [0, 0.05) is 11.0 Å². The summed E-state index contributed by atoms with van der Waals surface area (Å²) in [6.07, 6.45) is 0.870. The second kappa shape index (κ2) is 5.90. The van der Waals surface area contributed by atoms with Gasteiger partial charge in [-0.15, -0.1) is 0 Å². The van der Waals surface area contributed by atoms with E-state index in [9.17, 15) is 4.79 Å². The number of rotatable bonds is 5. The molecule has 0 amide bonds. The summed E-state index contributed by atoms with van der Waals surface area (Å²) in [6, 6.07) is 6.36. The van der Waals surface area contributed by atoms with Crippen molar-refractivity contribution in [2.75, 3.05) is 0 Å².